The Morgan fingerprint density at radius 2 is 2.00 bits per heavy atom. The van der Waals surface area contributed by atoms with Gasteiger partial charge in [0.1, 0.15) is 5.00 Å². The molecular weight excluding hydrogens is 308 g/mol. The van der Waals surface area contributed by atoms with Gasteiger partial charge in [-0.25, -0.2) is 4.79 Å². The number of anilines is 1. The van der Waals surface area contributed by atoms with Crippen LogP contribution in [0.4, 0.5) is 5.00 Å². The first-order chi connectivity index (χ1) is 10.2. The predicted molar refractivity (Wildman–Crippen MR) is 86.5 cm³/mol. The summed E-state index contributed by atoms with van der Waals surface area (Å²) < 4.78 is 5.31. The summed E-state index contributed by atoms with van der Waals surface area (Å²) in [4.78, 5) is 14.8. The van der Waals surface area contributed by atoms with E-state index in [4.69, 9.17) is 17.0 Å². The van der Waals surface area contributed by atoms with E-state index < -0.39 is 5.97 Å². The molecule has 114 valence electrons. The Labute approximate surface area is 132 Å². The third kappa shape index (κ3) is 3.04. The number of nitrogens with zero attached hydrogens (tertiary/aromatic N) is 1. The van der Waals surface area contributed by atoms with E-state index in [0.717, 1.165) is 44.3 Å². The number of aromatic carboxylic acids is 1. The third-order valence-corrected chi connectivity index (χ3v) is 5.47. The van der Waals surface area contributed by atoms with Gasteiger partial charge in [-0.3, -0.25) is 0 Å². The number of hydrogen-bond donors (Lipinski definition) is 2. The molecule has 0 bridgehead atoms. The molecule has 5 nitrogen and oxygen atoms in total. The molecule has 0 saturated carbocycles. The van der Waals surface area contributed by atoms with Gasteiger partial charge in [-0.2, -0.15) is 0 Å². The van der Waals surface area contributed by atoms with Crippen molar-refractivity contribution in [3.8, 4) is 0 Å². The second kappa shape index (κ2) is 6.29. The SMILES string of the molecule is O=C(O)c1c(NC(=S)N2CCOCC2)sc2c1CCCC2. The van der Waals surface area contributed by atoms with E-state index >= 15 is 0 Å². The number of rotatable bonds is 2. The van der Waals surface area contributed by atoms with Crippen LogP contribution < -0.4 is 5.32 Å². The van der Waals surface area contributed by atoms with Crippen molar-refractivity contribution in [1.29, 1.82) is 0 Å². The van der Waals surface area contributed by atoms with Crippen LogP contribution in [0.2, 0.25) is 0 Å². The minimum absolute atomic E-state index is 0.422. The summed E-state index contributed by atoms with van der Waals surface area (Å²) in [6.07, 6.45) is 4.04. The first-order valence-electron chi connectivity index (χ1n) is 7.18. The number of aryl methyl sites for hydroxylation is 1. The van der Waals surface area contributed by atoms with Crippen LogP contribution in [0.3, 0.4) is 0 Å². The molecule has 21 heavy (non-hydrogen) atoms. The Morgan fingerprint density at radius 1 is 1.29 bits per heavy atom. The van der Waals surface area contributed by atoms with Gasteiger partial charge in [0.05, 0.1) is 18.8 Å². The molecule has 3 rings (SSSR count). The Morgan fingerprint density at radius 3 is 2.71 bits per heavy atom. The van der Waals surface area contributed by atoms with Crippen molar-refractivity contribution in [3.63, 3.8) is 0 Å². The van der Waals surface area contributed by atoms with Crippen molar-refractivity contribution in [1.82, 2.24) is 4.90 Å². The fourth-order valence-corrected chi connectivity index (χ4v) is 4.45. The van der Waals surface area contributed by atoms with E-state index in [1.165, 1.54) is 4.88 Å². The smallest absolute Gasteiger partial charge is 0.339 e. The number of carboxylic acids is 1. The molecule has 1 aliphatic heterocycles. The normalized spacial score (nSPS) is 18.2. The molecule has 1 aromatic rings. The lowest BCUT2D eigenvalue weighted by molar-refractivity contribution is 0.0687. The molecule has 1 aliphatic carbocycles. The number of carboxylic acid groups (broad SMARTS) is 1. The van der Waals surface area contributed by atoms with E-state index in [0.29, 0.717) is 28.9 Å². The van der Waals surface area contributed by atoms with Crippen LogP contribution >= 0.6 is 23.6 Å². The molecule has 1 fully saturated rings. The van der Waals surface area contributed by atoms with Crippen LogP contribution in [0, 0.1) is 0 Å². The molecule has 2 aliphatic rings. The number of thiophene rings is 1. The van der Waals surface area contributed by atoms with Crippen LogP contribution in [-0.4, -0.2) is 47.4 Å². The summed E-state index contributed by atoms with van der Waals surface area (Å²) in [5.74, 6) is -0.860. The van der Waals surface area contributed by atoms with Crippen LogP contribution in [0.5, 0.6) is 0 Å². The quantitative estimate of drug-likeness (QED) is 0.814. The van der Waals surface area contributed by atoms with Crippen LogP contribution in [0.25, 0.3) is 0 Å². The number of morpholine rings is 1. The van der Waals surface area contributed by atoms with Crippen molar-refractivity contribution < 1.29 is 14.6 Å². The maximum Gasteiger partial charge on any atom is 0.339 e. The monoisotopic (exact) mass is 326 g/mol. The Kier molecular flexibility index (Phi) is 4.42. The van der Waals surface area contributed by atoms with Crippen molar-refractivity contribution in [3.05, 3.63) is 16.0 Å². The van der Waals surface area contributed by atoms with Crippen LogP contribution in [-0.2, 0) is 17.6 Å². The van der Waals surface area contributed by atoms with Gasteiger partial charge in [-0.05, 0) is 43.5 Å². The number of nitrogens with one attached hydrogen (secondary N) is 1. The summed E-state index contributed by atoms with van der Waals surface area (Å²) in [6.45, 7) is 2.82. The van der Waals surface area contributed by atoms with Crippen molar-refractivity contribution in [2.24, 2.45) is 0 Å². The summed E-state index contributed by atoms with van der Waals surface area (Å²) in [6, 6.07) is 0. The first-order valence-corrected chi connectivity index (χ1v) is 8.41. The van der Waals surface area contributed by atoms with Gasteiger partial charge in [0.25, 0.3) is 0 Å². The van der Waals surface area contributed by atoms with E-state index in [1.54, 1.807) is 11.3 Å². The van der Waals surface area contributed by atoms with Crippen LogP contribution in [0.15, 0.2) is 0 Å². The fraction of sp³-hybridized carbons (Fsp3) is 0.571. The van der Waals surface area contributed by atoms with Gasteiger partial charge < -0.3 is 20.1 Å². The zero-order valence-corrected chi connectivity index (χ0v) is 13.3. The van der Waals surface area contributed by atoms with Gasteiger partial charge in [0, 0.05) is 18.0 Å². The standard InChI is InChI=1S/C14H18N2O3S2/c17-13(18)11-9-3-1-2-4-10(9)21-12(11)15-14(20)16-5-7-19-8-6-16/h1-8H2,(H,15,20)(H,17,18). The van der Waals surface area contributed by atoms with Gasteiger partial charge in [0.15, 0.2) is 5.11 Å². The zero-order valence-electron chi connectivity index (χ0n) is 11.7. The van der Waals surface area contributed by atoms with Gasteiger partial charge in [-0.1, -0.05) is 0 Å². The van der Waals surface area contributed by atoms with E-state index in [1.807, 2.05) is 4.90 Å². The summed E-state index contributed by atoms with van der Waals surface area (Å²) in [5, 5.41) is 14.0. The average Bonchev–Trinajstić information content (AvgIpc) is 2.86. The third-order valence-electron chi connectivity index (χ3n) is 3.90. The average molecular weight is 326 g/mol. The minimum atomic E-state index is -0.860. The van der Waals surface area contributed by atoms with E-state index in [2.05, 4.69) is 5.32 Å². The number of ether oxygens (including phenoxy) is 1. The number of thiocarbonyl (C=S) groups is 1. The lowest BCUT2D eigenvalue weighted by atomic mass is 9.95. The number of fused-ring (bicyclic) bond motifs is 1. The molecule has 0 atom stereocenters. The minimum Gasteiger partial charge on any atom is -0.478 e. The topological polar surface area (TPSA) is 61.8 Å². The predicted octanol–water partition coefficient (Wildman–Crippen LogP) is 2.35. The second-order valence-electron chi connectivity index (χ2n) is 5.25. The van der Waals surface area contributed by atoms with Gasteiger partial charge in [-0.15, -0.1) is 11.3 Å². The molecule has 0 radical (unpaired) electrons. The Balaban J connectivity index is 1.82. The van der Waals surface area contributed by atoms with E-state index in [9.17, 15) is 9.90 Å². The highest BCUT2D eigenvalue weighted by atomic mass is 32.1. The lowest BCUT2D eigenvalue weighted by Crippen LogP contribution is -2.42. The molecule has 2 heterocycles. The van der Waals surface area contributed by atoms with Crippen molar-refractivity contribution in [2.75, 3.05) is 31.6 Å². The zero-order chi connectivity index (χ0) is 14.8. The summed E-state index contributed by atoms with van der Waals surface area (Å²) in [5.41, 5.74) is 1.43. The number of hydrogen-bond acceptors (Lipinski definition) is 4. The number of carbonyl (C=O) groups is 1. The molecule has 1 saturated heterocycles. The molecule has 0 unspecified atom stereocenters. The molecular formula is C14H18N2O3S2. The maximum absolute atomic E-state index is 11.6. The fourth-order valence-electron chi connectivity index (χ4n) is 2.82. The van der Waals surface area contributed by atoms with Crippen LogP contribution in [0.1, 0.15) is 33.6 Å². The first kappa shape index (κ1) is 14.7. The lowest BCUT2D eigenvalue weighted by Gasteiger charge is -2.29. The largest absolute Gasteiger partial charge is 0.478 e. The van der Waals surface area contributed by atoms with Gasteiger partial charge >= 0.3 is 5.97 Å². The van der Waals surface area contributed by atoms with Crippen molar-refractivity contribution >= 4 is 39.6 Å². The van der Waals surface area contributed by atoms with E-state index in [-0.39, 0.29) is 0 Å². The molecule has 7 heteroatoms. The maximum atomic E-state index is 11.6. The Hall–Kier alpha value is -1.18. The molecule has 0 aromatic carbocycles. The molecule has 0 spiro atoms. The van der Waals surface area contributed by atoms with Crippen molar-refractivity contribution in [2.45, 2.75) is 25.7 Å². The molecule has 1 aromatic heterocycles. The highest BCUT2D eigenvalue weighted by molar-refractivity contribution is 7.80. The second-order valence-corrected chi connectivity index (χ2v) is 6.74. The van der Waals surface area contributed by atoms with Gasteiger partial charge in [0.2, 0.25) is 0 Å². The Bertz CT molecular complexity index is 565. The summed E-state index contributed by atoms with van der Waals surface area (Å²) >= 11 is 6.96. The molecule has 0 amide bonds. The molecule has 2 N–H and O–H groups in total. The highest BCUT2D eigenvalue weighted by Gasteiger charge is 2.26. The highest BCUT2D eigenvalue weighted by Crippen LogP contribution is 2.38. The summed E-state index contributed by atoms with van der Waals surface area (Å²) in [7, 11) is 0.